The third-order valence-electron chi connectivity index (χ3n) is 4.02. The van der Waals surface area contributed by atoms with Crippen molar-refractivity contribution in [2.45, 2.75) is 30.3 Å². The van der Waals surface area contributed by atoms with E-state index in [1.54, 1.807) is 24.7 Å². The van der Waals surface area contributed by atoms with Gasteiger partial charge < -0.3 is 10.3 Å². The quantitative estimate of drug-likeness (QED) is 0.827. The van der Waals surface area contributed by atoms with Crippen molar-refractivity contribution in [3.05, 3.63) is 12.0 Å². The molecule has 0 aromatic carbocycles. The molecule has 1 aliphatic carbocycles. The zero-order chi connectivity index (χ0) is 13.1. The van der Waals surface area contributed by atoms with Gasteiger partial charge in [-0.05, 0) is 25.7 Å². The van der Waals surface area contributed by atoms with Crippen molar-refractivity contribution in [1.29, 1.82) is 0 Å². The molecule has 1 saturated heterocycles. The molecule has 1 aliphatic heterocycles. The van der Waals surface area contributed by atoms with Crippen LogP contribution in [0.2, 0.25) is 0 Å². The molecule has 1 aromatic rings. The SMILES string of the molecule is Cc1nc(S(=O)(=O)N2CC(N)(C3CC3)C2)cn1C. The first-order valence-corrected chi connectivity index (χ1v) is 7.56. The molecule has 2 fully saturated rings. The first-order chi connectivity index (χ1) is 8.33. The zero-order valence-electron chi connectivity index (χ0n) is 10.6. The molecule has 3 rings (SSSR count). The lowest BCUT2D eigenvalue weighted by atomic mass is 9.88. The Bertz CT molecular complexity index is 563. The Kier molecular flexibility index (Phi) is 2.39. The summed E-state index contributed by atoms with van der Waals surface area (Å²) in [7, 11) is -1.67. The predicted molar refractivity (Wildman–Crippen MR) is 66.3 cm³/mol. The number of nitrogens with two attached hydrogens (primary N) is 1. The minimum Gasteiger partial charge on any atom is -0.337 e. The van der Waals surface area contributed by atoms with Crippen LogP contribution in [0.25, 0.3) is 0 Å². The van der Waals surface area contributed by atoms with Gasteiger partial charge in [0, 0.05) is 31.9 Å². The molecule has 1 saturated carbocycles. The Labute approximate surface area is 107 Å². The fourth-order valence-electron chi connectivity index (χ4n) is 2.48. The summed E-state index contributed by atoms with van der Waals surface area (Å²) in [4.78, 5) is 4.09. The lowest BCUT2D eigenvalue weighted by Crippen LogP contribution is -2.69. The summed E-state index contributed by atoms with van der Waals surface area (Å²) in [5.41, 5.74) is 5.88. The largest absolute Gasteiger partial charge is 0.337 e. The van der Waals surface area contributed by atoms with Gasteiger partial charge in [-0.15, -0.1) is 0 Å². The van der Waals surface area contributed by atoms with Crippen LogP contribution in [0.5, 0.6) is 0 Å². The van der Waals surface area contributed by atoms with E-state index in [4.69, 9.17) is 5.73 Å². The highest BCUT2D eigenvalue weighted by Crippen LogP contribution is 2.44. The van der Waals surface area contributed by atoms with Gasteiger partial charge in [0.2, 0.25) is 0 Å². The topological polar surface area (TPSA) is 81.2 Å². The van der Waals surface area contributed by atoms with Crippen molar-refractivity contribution >= 4 is 10.0 Å². The van der Waals surface area contributed by atoms with Crippen molar-refractivity contribution in [2.75, 3.05) is 13.1 Å². The van der Waals surface area contributed by atoms with Gasteiger partial charge in [-0.1, -0.05) is 0 Å². The normalized spacial score (nSPS) is 23.9. The molecule has 100 valence electrons. The summed E-state index contributed by atoms with van der Waals surface area (Å²) in [6, 6.07) is 0. The van der Waals surface area contributed by atoms with Gasteiger partial charge in [-0.25, -0.2) is 13.4 Å². The standard InChI is InChI=1S/C11H18N4O2S/c1-8-13-10(5-14(8)2)18(16,17)15-6-11(12,7-15)9-3-4-9/h5,9H,3-4,6-7,12H2,1-2H3. The Morgan fingerprint density at radius 2 is 2.06 bits per heavy atom. The number of aryl methyl sites for hydroxylation is 2. The average Bonchev–Trinajstić information content (AvgIpc) is 3.02. The smallest absolute Gasteiger partial charge is 0.262 e. The minimum atomic E-state index is -3.46. The Morgan fingerprint density at radius 1 is 1.44 bits per heavy atom. The molecule has 0 atom stereocenters. The molecular weight excluding hydrogens is 252 g/mol. The van der Waals surface area contributed by atoms with Gasteiger partial charge in [0.25, 0.3) is 10.0 Å². The van der Waals surface area contributed by atoms with Gasteiger partial charge >= 0.3 is 0 Å². The summed E-state index contributed by atoms with van der Waals surface area (Å²) in [5, 5.41) is 0.125. The Morgan fingerprint density at radius 3 is 2.50 bits per heavy atom. The van der Waals surface area contributed by atoms with E-state index in [-0.39, 0.29) is 10.6 Å². The molecule has 6 nitrogen and oxygen atoms in total. The fourth-order valence-corrected chi connectivity index (χ4v) is 4.10. The average molecular weight is 270 g/mol. The number of hydrogen-bond donors (Lipinski definition) is 1. The van der Waals surface area contributed by atoms with Crippen LogP contribution < -0.4 is 5.73 Å². The van der Waals surface area contributed by atoms with Crippen LogP contribution in [0.4, 0.5) is 0 Å². The van der Waals surface area contributed by atoms with E-state index in [0.29, 0.717) is 24.8 Å². The highest BCUT2D eigenvalue weighted by atomic mass is 32.2. The summed E-state index contributed by atoms with van der Waals surface area (Å²) in [5.74, 6) is 1.20. The monoisotopic (exact) mass is 270 g/mol. The maximum absolute atomic E-state index is 12.3. The summed E-state index contributed by atoms with van der Waals surface area (Å²) in [6.45, 7) is 2.64. The van der Waals surface area contributed by atoms with Crippen molar-refractivity contribution < 1.29 is 8.42 Å². The van der Waals surface area contributed by atoms with E-state index in [1.165, 1.54) is 4.31 Å². The Balaban J connectivity index is 1.80. The van der Waals surface area contributed by atoms with E-state index < -0.39 is 10.0 Å². The number of imidazole rings is 1. The molecular formula is C11H18N4O2S. The van der Waals surface area contributed by atoms with Crippen LogP contribution in [0, 0.1) is 12.8 Å². The zero-order valence-corrected chi connectivity index (χ0v) is 11.4. The summed E-state index contributed by atoms with van der Waals surface area (Å²) < 4.78 is 27.8. The van der Waals surface area contributed by atoms with Crippen LogP contribution in [0.3, 0.4) is 0 Å². The van der Waals surface area contributed by atoms with Crippen molar-refractivity contribution in [2.24, 2.45) is 18.7 Å². The van der Waals surface area contributed by atoms with E-state index in [1.807, 2.05) is 0 Å². The van der Waals surface area contributed by atoms with Crippen molar-refractivity contribution in [3.63, 3.8) is 0 Å². The molecule has 1 aromatic heterocycles. The number of nitrogens with zero attached hydrogens (tertiary/aromatic N) is 3. The maximum Gasteiger partial charge on any atom is 0.262 e. The highest BCUT2D eigenvalue weighted by Gasteiger charge is 2.54. The number of sulfonamides is 1. The van der Waals surface area contributed by atoms with E-state index in [2.05, 4.69) is 4.98 Å². The third-order valence-corrected chi connectivity index (χ3v) is 5.69. The van der Waals surface area contributed by atoms with Gasteiger partial charge in [-0.2, -0.15) is 4.31 Å². The second-order valence-electron chi connectivity index (χ2n) is 5.52. The molecule has 2 aliphatic rings. The number of rotatable bonds is 3. The third kappa shape index (κ3) is 1.69. The fraction of sp³-hybridized carbons (Fsp3) is 0.727. The Hall–Kier alpha value is -0.920. The molecule has 0 amide bonds. The molecule has 0 radical (unpaired) electrons. The number of aromatic nitrogens is 2. The lowest BCUT2D eigenvalue weighted by molar-refractivity contribution is 0.135. The molecule has 0 unspecified atom stereocenters. The minimum absolute atomic E-state index is 0.125. The number of hydrogen-bond acceptors (Lipinski definition) is 4. The second-order valence-corrected chi connectivity index (χ2v) is 7.40. The van der Waals surface area contributed by atoms with E-state index >= 15 is 0 Å². The predicted octanol–water partition coefficient (Wildman–Crippen LogP) is -0.160. The van der Waals surface area contributed by atoms with Crippen LogP contribution in [0.15, 0.2) is 11.2 Å². The molecule has 18 heavy (non-hydrogen) atoms. The molecule has 2 N–H and O–H groups in total. The van der Waals surface area contributed by atoms with Crippen LogP contribution in [-0.4, -0.2) is 40.9 Å². The second kappa shape index (κ2) is 3.55. The van der Waals surface area contributed by atoms with Gasteiger partial charge in [-0.3, -0.25) is 0 Å². The van der Waals surface area contributed by atoms with E-state index in [9.17, 15) is 8.42 Å². The van der Waals surface area contributed by atoms with E-state index in [0.717, 1.165) is 12.8 Å². The molecule has 7 heteroatoms. The van der Waals surface area contributed by atoms with Gasteiger partial charge in [0.1, 0.15) is 5.82 Å². The van der Waals surface area contributed by atoms with Gasteiger partial charge in [0.05, 0.1) is 0 Å². The summed E-state index contributed by atoms with van der Waals surface area (Å²) >= 11 is 0. The highest BCUT2D eigenvalue weighted by molar-refractivity contribution is 7.89. The lowest BCUT2D eigenvalue weighted by Gasteiger charge is -2.46. The summed E-state index contributed by atoms with van der Waals surface area (Å²) in [6.07, 6.45) is 3.82. The molecule has 0 spiro atoms. The van der Waals surface area contributed by atoms with Crippen molar-refractivity contribution in [3.8, 4) is 0 Å². The first-order valence-electron chi connectivity index (χ1n) is 6.12. The van der Waals surface area contributed by atoms with Crippen molar-refractivity contribution in [1.82, 2.24) is 13.9 Å². The van der Waals surface area contributed by atoms with Crippen LogP contribution in [0.1, 0.15) is 18.7 Å². The van der Waals surface area contributed by atoms with Crippen LogP contribution >= 0.6 is 0 Å². The first kappa shape index (κ1) is 12.1. The molecule has 2 heterocycles. The van der Waals surface area contributed by atoms with Gasteiger partial charge in [0.15, 0.2) is 5.03 Å². The molecule has 0 bridgehead atoms. The van der Waals surface area contributed by atoms with Crippen LogP contribution in [-0.2, 0) is 17.1 Å². The maximum atomic E-state index is 12.3.